The minimum Gasteiger partial charge on any atom is -0.452 e. The van der Waals surface area contributed by atoms with Gasteiger partial charge in [-0.1, -0.05) is 82.7 Å². The predicted octanol–water partition coefficient (Wildman–Crippen LogP) is 4.09. The van der Waals surface area contributed by atoms with Crippen LogP contribution >= 0.6 is 15.9 Å². The first-order valence-electron chi connectivity index (χ1n) is 10.7. The van der Waals surface area contributed by atoms with Gasteiger partial charge < -0.3 is 24.1 Å². The summed E-state index contributed by atoms with van der Waals surface area (Å²) in [6.07, 6.45) is -3.43. The molecule has 8 heteroatoms. The largest absolute Gasteiger partial charge is 0.452 e. The van der Waals surface area contributed by atoms with E-state index in [9.17, 15) is 14.7 Å². The molecule has 1 heterocycles. The molecule has 0 radical (unpaired) electrons. The van der Waals surface area contributed by atoms with E-state index in [1.165, 1.54) is 0 Å². The Labute approximate surface area is 205 Å². The van der Waals surface area contributed by atoms with Gasteiger partial charge in [-0.2, -0.15) is 0 Å². The Morgan fingerprint density at radius 2 is 1.32 bits per heavy atom. The van der Waals surface area contributed by atoms with E-state index < -0.39 is 36.2 Å². The van der Waals surface area contributed by atoms with E-state index >= 15 is 0 Å². The maximum absolute atomic E-state index is 12.9. The molecular weight excluding hydrogens is 504 g/mol. The first-order chi connectivity index (χ1) is 16.5. The van der Waals surface area contributed by atoms with E-state index in [1.54, 1.807) is 60.7 Å². The Balaban J connectivity index is 1.61. The zero-order valence-corrected chi connectivity index (χ0v) is 19.7. The van der Waals surface area contributed by atoms with Crippen LogP contribution in [0.25, 0.3) is 0 Å². The molecule has 1 unspecified atom stereocenters. The highest BCUT2D eigenvalue weighted by molar-refractivity contribution is 9.09. The van der Waals surface area contributed by atoms with Crippen LogP contribution in [0, 0.1) is 0 Å². The van der Waals surface area contributed by atoms with Gasteiger partial charge in [0.1, 0.15) is 6.10 Å². The van der Waals surface area contributed by atoms with Crippen molar-refractivity contribution in [2.45, 2.75) is 30.9 Å². The predicted molar refractivity (Wildman–Crippen MR) is 126 cm³/mol. The smallest absolute Gasteiger partial charge is 0.338 e. The molecule has 0 spiro atoms. The molecule has 0 saturated carbocycles. The number of alkyl halides is 1. The van der Waals surface area contributed by atoms with Gasteiger partial charge in [0.15, 0.2) is 6.10 Å². The van der Waals surface area contributed by atoms with Gasteiger partial charge in [0.25, 0.3) is 0 Å². The molecule has 176 valence electrons. The average molecular weight is 527 g/mol. The van der Waals surface area contributed by atoms with E-state index in [2.05, 4.69) is 15.9 Å². The molecule has 7 nitrogen and oxygen atoms in total. The van der Waals surface area contributed by atoms with Crippen LogP contribution in [0.5, 0.6) is 0 Å². The van der Waals surface area contributed by atoms with Gasteiger partial charge in [-0.3, -0.25) is 0 Å². The Morgan fingerprint density at radius 1 is 0.824 bits per heavy atom. The third-order valence-electron chi connectivity index (χ3n) is 5.28. The van der Waals surface area contributed by atoms with E-state index in [0.29, 0.717) is 5.56 Å². The summed E-state index contributed by atoms with van der Waals surface area (Å²) < 4.78 is 22.8. The lowest BCUT2D eigenvalue weighted by Gasteiger charge is -2.29. The lowest BCUT2D eigenvalue weighted by molar-refractivity contribution is -0.378. The Kier molecular flexibility index (Phi) is 7.74. The number of carbonyl (C=O) groups excluding carboxylic acids is 2. The SMILES string of the molecule is O=C(OC1[C@@H](OC(=O)c2ccccc2)[C@@H](CBr)O[C@@]1(O)OCc1ccccc1)c1ccccc1. The van der Waals surface area contributed by atoms with E-state index in [4.69, 9.17) is 18.9 Å². The van der Waals surface area contributed by atoms with Crippen LogP contribution in [0.2, 0.25) is 0 Å². The second-order valence-electron chi connectivity index (χ2n) is 7.64. The molecule has 4 rings (SSSR count). The summed E-state index contributed by atoms with van der Waals surface area (Å²) in [5, 5.41) is 11.5. The summed E-state index contributed by atoms with van der Waals surface area (Å²) in [6, 6.07) is 25.8. The van der Waals surface area contributed by atoms with Gasteiger partial charge in [-0.25, -0.2) is 9.59 Å². The number of carbonyl (C=O) groups is 2. The summed E-state index contributed by atoms with van der Waals surface area (Å²) in [5.74, 6) is -3.71. The fraction of sp³-hybridized carbons (Fsp3) is 0.231. The summed E-state index contributed by atoms with van der Waals surface area (Å²) in [5.41, 5.74) is 1.35. The topological polar surface area (TPSA) is 91.3 Å². The van der Waals surface area contributed by atoms with Crippen molar-refractivity contribution in [2.75, 3.05) is 5.33 Å². The van der Waals surface area contributed by atoms with Crippen molar-refractivity contribution in [3.63, 3.8) is 0 Å². The highest BCUT2D eigenvalue weighted by Crippen LogP contribution is 2.37. The summed E-state index contributed by atoms with van der Waals surface area (Å²) in [6.45, 7) is -0.0227. The Morgan fingerprint density at radius 3 is 1.85 bits per heavy atom. The first-order valence-corrected chi connectivity index (χ1v) is 11.8. The molecule has 1 aliphatic heterocycles. The summed E-state index contributed by atoms with van der Waals surface area (Å²) in [7, 11) is 0. The number of ether oxygens (including phenoxy) is 4. The van der Waals surface area contributed by atoms with Gasteiger partial charge in [-0.15, -0.1) is 0 Å². The lowest BCUT2D eigenvalue weighted by Crippen LogP contribution is -2.49. The number of rotatable bonds is 8. The Hall–Kier alpha value is -3.04. The monoisotopic (exact) mass is 526 g/mol. The van der Waals surface area contributed by atoms with Crippen molar-refractivity contribution < 1.29 is 33.6 Å². The molecule has 4 atom stereocenters. The normalized spacial score (nSPS) is 23.9. The number of halogens is 1. The van der Waals surface area contributed by atoms with Gasteiger partial charge in [0, 0.05) is 5.33 Å². The third-order valence-corrected chi connectivity index (χ3v) is 5.92. The molecule has 1 aliphatic rings. The molecule has 1 N–H and O–H groups in total. The highest BCUT2D eigenvalue weighted by atomic mass is 79.9. The van der Waals surface area contributed by atoms with Crippen LogP contribution < -0.4 is 0 Å². The van der Waals surface area contributed by atoms with Crippen LogP contribution in [-0.2, 0) is 25.6 Å². The molecule has 0 aromatic heterocycles. The maximum Gasteiger partial charge on any atom is 0.338 e. The van der Waals surface area contributed by atoms with Gasteiger partial charge >= 0.3 is 17.9 Å². The van der Waals surface area contributed by atoms with Gasteiger partial charge in [0.2, 0.25) is 6.10 Å². The summed E-state index contributed by atoms with van der Waals surface area (Å²) >= 11 is 3.33. The number of hydrogen-bond acceptors (Lipinski definition) is 7. The van der Waals surface area contributed by atoms with Crippen LogP contribution in [0.4, 0.5) is 0 Å². The molecule has 3 aromatic rings. The number of hydrogen-bond donors (Lipinski definition) is 1. The van der Waals surface area contributed by atoms with Crippen molar-refractivity contribution >= 4 is 27.9 Å². The number of aliphatic hydroxyl groups is 1. The standard InChI is InChI=1S/C26H23BrO7/c27-16-21-22(32-24(28)19-12-6-2-7-13-19)23(33-25(29)20-14-8-3-9-15-20)26(30,34-21)31-17-18-10-4-1-5-11-18/h1-15,21-23,30H,16-17H2/t21-,22+,23?,26+/m1/s1. The van der Waals surface area contributed by atoms with E-state index in [-0.39, 0.29) is 17.5 Å². The van der Waals surface area contributed by atoms with Gasteiger partial charge in [0.05, 0.1) is 17.7 Å². The van der Waals surface area contributed by atoms with Crippen molar-refractivity contribution in [3.05, 3.63) is 108 Å². The second kappa shape index (κ2) is 10.9. The molecule has 1 fully saturated rings. The maximum atomic E-state index is 12.9. The zero-order valence-electron chi connectivity index (χ0n) is 18.1. The first kappa shape index (κ1) is 24.1. The fourth-order valence-electron chi connectivity index (χ4n) is 3.55. The second-order valence-corrected chi connectivity index (χ2v) is 8.29. The molecule has 0 bridgehead atoms. The minimum atomic E-state index is -2.35. The molecule has 3 aromatic carbocycles. The Bertz CT molecular complexity index is 1090. The van der Waals surface area contributed by atoms with Gasteiger partial charge in [-0.05, 0) is 29.8 Å². The molecule has 0 amide bonds. The van der Waals surface area contributed by atoms with Crippen molar-refractivity contribution in [1.82, 2.24) is 0 Å². The van der Waals surface area contributed by atoms with E-state index in [0.717, 1.165) is 5.56 Å². The van der Waals surface area contributed by atoms with Crippen LogP contribution in [0.1, 0.15) is 26.3 Å². The quantitative estimate of drug-likeness (QED) is 0.268. The number of esters is 2. The lowest BCUT2D eigenvalue weighted by atomic mass is 10.1. The van der Waals surface area contributed by atoms with Crippen LogP contribution in [0.3, 0.4) is 0 Å². The number of benzene rings is 3. The fourth-order valence-corrected chi connectivity index (χ4v) is 4.05. The zero-order chi connectivity index (χ0) is 24.0. The average Bonchev–Trinajstić information content (AvgIpc) is 3.15. The highest BCUT2D eigenvalue weighted by Gasteiger charge is 2.60. The summed E-state index contributed by atoms with van der Waals surface area (Å²) in [4.78, 5) is 25.7. The van der Waals surface area contributed by atoms with Crippen LogP contribution in [0.15, 0.2) is 91.0 Å². The van der Waals surface area contributed by atoms with Crippen LogP contribution in [-0.4, -0.2) is 46.7 Å². The third kappa shape index (κ3) is 5.53. The van der Waals surface area contributed by atoms with Crippen molar-refractivity contribution in [2.24, 2.45) is 0 Å². The molecular formula is C26H23BrO7. The van der Waals surface area contributed by atoms with E-state index in [1.807, 2.05) is 30.3 Å². The van der Waals surface area contributed by atoms with Crippen molar-refractivity contribution in [1.29, 1.82) is 0 Å². The molecule has 34 heavy (non-hydrogen) atoms. The minimum absolute atomic E-state index is 0.0227. The molecule has 1 saturated heterocycles. The molecule has 0 aliphatic carbocycles. The van der Waals surface area contributed by atoms with Crippen molar-refractivity contribution in [3.8, 4) is 0 Å².